The van der Waals surface area contributed by atoms with E-state index in [9.17, 15) is 0 Å². The number of likely N-dealkylation sites (tertiary alicyclic amines) is 1. The van der Waals surface area contributed by atoms with E-state index in [1.54, 1.807) is 0 Å². The third-order valence-electron chi connectivity index (χ3n) is 3.45. The largest absolute Gasteiger partial charge is 0.342 e. The van der Waals surface area contributed by atoms with Gasteiger partial charge in [-0.15, -0.1) is 0 Å². The highest BCUT2D eigenvalue weighted by molar-refractivity contribution is 5.80. The van der Waals surface area contributed by atoms with Crippen molar-refractivity contribution in [3.8, 4) is 0 Å². The Hall–Kier alpha value is -0.770. The van der Waals surface area contributed by atoms with Gasteiger partial charge in [-0.05, 0) is 31.1 Å². The first kappa shape index (κ1) is 10.7. The molecule has 0 bridgehead atoms. The van der Waals surface area contributed by atoms with E-state index in [1.165, 1.54) is 19.3 Å². The maximum absolute atomic E-state index is 5.53. The molecule has 0 aromatic carbocycles. The van der Waals surface area contributed by atoms with Crippen molar-refractivity contribution in [2.75, 3.05) is 13.1 Å². The Labute approximate surface area is 91.9 Å². The minimum Gasteiger partial charge on any atom is -0.342 e. The van der Waals surface area contributed by atoms with Crippen LogP contribution in [-0.4, -0.2) is 30.0 Å². The van der Waals surface area contributed by atoms with Crippen molar-refractivity contribution in [2.45, 2.75) is 39.2 Å². The molecule has 0 aromatic heterocycles. The number of aliphatic imine (C=N–C) groups is 1. The summed E-state index contributed by atoms with van der Waals surface area (Å²) in [5.41, 5.74) is 2.75. The molecule has 1 saturated heterocycles. The van der Waals surface area contributed by atoms with Gasteiger partial charge in [0.25, 0.3) is 0 Å². The van der Waals surface area contributed by atoms with Crippen molar-refractivity contribution in [2.24, 2.45) is 22.7 Å². The molecule has 0 spiro atoms. The molecular formula is C11H22N4. The second kappa shape index (κ2) is 4.39. The van der Waals surface area contributed by atoms with Crippen molar-refractivity contribution in [1.29, 1.82) is 0 Å². The Morgan fingerprint density at radius 2 is 2.13 bits per heavy atom. The first-order valence-corrected chi connectivity index (χ1v) is 6.00. The van der Waals surface area contributed by atoms with E-state index in [-0.39, 0.29) is 0 Å². The average Bonchev–Trinajstić information content (AvgIpc) is 2.89. The van der Waals surface area contributed by atoms with Crippen LogP contribution in [-0.2, 0) is 0 Å². The summed E-state index contributed by atoms with van der Waals surface area (Å²) in [6.45, 7) is 6.79. The zero-order valence-electron chi connectivity index (χ0n) is 9.74. The molecule has 1 atom stereocenters. The maximum atomic E-state index is 5.53. The predicted molar refractivity (Wildman–Crippen MR) is 62.3 cm³/mol. The van der Waals surface area contributed by atoms with Crippen LogP contribution in [0.2, 0.25) is 0 Å². The molecule has 4 heteroatoms. The third kappa shape index (κ3) is 2.62. The molecule has 3 N–H and O–H groups in total. The Bertz CT molecular complexity index is 245. The second-order valence-corrected chi connectivity index (χ2v) is 5.07. The van der Waals surface area contributed by atoms with E-state index in [0.29, 0.717) is 6.04 Å². The molecular weight excluding hydrogens is 188 g/mol. The molecule has 2 rings (SSSR count). The normalized spacial score (nSPS) is 27.6. The predicted octanol–water partition coefficient (Wildman–Crippen LogP) is 0.946. The number of hydrazine groups is 1. The quantitative estimate of drug-likeness (QED) is 0.309. The van der Waals surface area contributed by atoms with Crippen LogP contribution in [0.1, 0.15) is 33.1 Å². The van der Waals surface area contributed by atoms with E-state index in [2.05, 4.69) is 29.2 Å². The second-order valence-electron chi connectivity index (χ2n) is 5.07. The van der Waals surface area contributed by atoms with Crippen molar-refractivity contribution in [1.82, 2.24) is 10.3 Å². The Balaban J connectivity index is 1.92. The minimum absolute atomic E-state index is 0.536. The minimum atomic E-state index is 0.536. The zero-order valence-corrected chi connectivity index (χ0v) is 9.74. The van der Waals surface area contributed by atoms with Crippen molar-refractivity contribution < 1.29 is 0 Å². The molecule has 15 heavy (non-hydrogen) atoms. The Kier molecular flexibility index (Phi) is 3.14. The molecule has 1 aliphatic carbocycles. The summed E-state index contributed by atoms with van der Waals surface area (Å²) in [6, 6.07) is 0.536. The monoisotopic (exact) mass is 210 g/mol. The molecule has 1 unspecified atom stereocenters. The summed E-state index contributed by atoms with van der Waals surface area (Å²) in [4.78, 5) is 6.88. The lowest BCUT2D eigenvalue weighted by atomic mass is 9.95. The molecule has 0 aromatic rings. The lowest BCUT2D eigenvalue weighted by Gasteiger charge is -2.21. The van der Waals surface area contributed by atoms with Gasteiger partial charge in [-0.3, -0.25) is 5.43 Å². The van der Waals surface area contributed by atoms with Crippen LogP contribution in [0.25, 0.3) is 0 Å². The fourth-order valence-corrected chi connectivity index (χ4v) is 2.11. The van der Waals surface area contributed by atoms with Gasteiger partial charge in [-0.1, -0.05) is 13.8 Å². The van der Waals surface area contributed by atoms with Gasteiger partial charge in [0.15, 0.2) is 0 Å². The zero-order chi connectivity index (χ0) is 10.8. The SMILES string of the molecule is CC(C)C1CCN(C(=NC2CC2)NN)C1. The van der Waals surface area contributed by atoms with Crippen LogP contribution in [0.4, 0.5) is 0 Å². The number of hydrogen-bond donors (Lipinski definition) is 2. The highest BCUT2D eigenvalue weighted by Gasteiger charge is 2.28. The fraction of sp³-hybridized carbons (Fsp3) is 0.909. The summed E-state index contributed by atoms with van der Waals surface area (Å²) in [5, 5.41) is 0. The van der Waals surface area contributed by atoms with Gasteiger partial charge in [0.2, 0.25) is 5.96 Å². The van der Waals surface area contributed by atoms with Crippen LogP contribution >= 0.6 is 0 Å². The van der Waals surface area contributed by atoms with Crippen molar-refractivity contribution in [3.63, 3.8) is 0 Å². The van der Waals surface area contributed by atoms with E-state index in [0.717, 1.165) is 30.9 Å². The number of nitrogens with zero attached hydrogens (tertiary/aromatic N) is 2. The topological polar surface area (TPSA) is 53.6 Å². The highest BCUT2D eigenvalue weighted by Crippen LogP contribution is 2.26. The summed E-state index contributed by atoms with van der Waals surface area (Å²) in [7, 11) is 0. The molecule has 1 saturated carbocycles. The Morgan fingerprint density at radius 3 is 2.60 bits per heavy atom. The molecule has 4 nitrogen and oxygen atoms in total. The van der Waals surface area contributed by atoms with Crippen LogP contribution in [0.15, 0.2) is 4.99 Å². The Morgan fingerprint density at radius 1 is 1.40 bits per heavy atom. The number of guanidine groups is 1. The maximum Gasteiger partial charge on any atom is 0.208 e. The number of hydrogen-bond acceptors (Lipinski definition) is 2. The van der Waals surface area contributed by atoms with E-state index >= 15 is 0 Å². The standard InChI is InChI=1S/C11H22N4/c1-8(2)9-5-6-15(7-9)11(14-12)13-10-3-4-10/h8-10H,3-7,12H2,1-2H3,(H,13,14). The van der Waals surface area contributed by atoms with Gasteiger partial charge in [0.05, 0.1) is 6.04 Å². The molecule has 1 heterocycles. The first-order valence-electron chi connectivity index (χ1n) is 6.00. The van der Waals surface area contributed by atoms with Gasteiger partial charge in [-0.2, -0.15) is 0 Å². The van der Waals surface area contributed by atoms with Gasteiger partial charge < -0.3 is 4.90 Å². The fourth-order valence-electron chi connectivity index (χ4n) is 2.11. The first-order chi connectivity index (χ1) is 7.20. The number of nitrogens with two attached hydrogens (primary N) is 1. The van der Waals surface area contributed by atoms with E-state index < -0.39 is 0 Å². The van der Waals surface area contributed by atoms with Crippen LogP contribution < -0.4 is 11.3 Å². The molecule has 0 amide bonds. The van der Waals surface area contributed by atoms with Crippen LogP contribution in [0, 0.1) is 11.8 Å². The van der Waals surface area contributed by atoms with E-state index in [1.807, 2.05) is 0 Å². The molecule has 2 fully saturated rings. The van der Waals surface area contributed by atoms with Gasteiger partial charge in [0.1, 0.15) is 0 Å². The summed E-state index contributed by atoms with van der Waals surface area (Å²) >= 11 is 0. The van der Waals surface area contributed by atoms with Crippen LogP contribution in [0.5, 0.6) is 0 Å². The summed E-state index contributed by atoms with van der Waals surface area (Å²) < 4.78 is 0. The lowest BCUT2D eigenvalue weighted by Crippen LogP contribution is -2.44. The smallest absolute Gasteiger partial charge is 0.208 e. The molecule has 0 radical (unpaired) electrons. The van der Waals surface area contributed by atoms with E-state index in [4.69, 9.17) is 5.84 Å². The average molecular weight is 210 g/mol. The van der Waals surface area contributed by atoms with Crippen LogP contribution in [0.3, 0.4) is 0 Å². The third-order valence-corrected chi connectivity index (χ3v) is 3.45. The van der Waals surface area contributed by atoms with Crippen molar-refractivity contribution >= 4 is 5.96 Å². The summed E-state index contributed by atoms with van der Waals surface area (Å²) in [6.07, 6.45) is 3.72. The molecule has 1 aliphatic heterocycles. The lowest BCUT2D eigenvalue weighted by molar-refractivity contribution is 0.384. The number of nitrogens with one attached hydrogen (secondary N) is 1. The van der Waals surface area contributed by atoms with Gasteiger partial charge in [0, 0.05) is 13.1 Å². The molecule has 2 aliphatic rings. The van der Waals surface area contributed by atoms with Crippen molar-refractivity contribution in [3.05, 3.63) is 0 Å². The number of rotatable bonds is 2. The van der Waals surface area contributed by atoms with Gasteiger partial charge in [-0.25, -0.2) is 10.8 Å². The van der Waals surface area contributed by atoms with Gasteiger partial charge >= 0.3 is 0 Å². The molecule has 86 valence electrons. The summed E-state index contributed by atoms with van der Waals surface area (Å²) in [5.74, 6) is 7.98. The highest BCUT2D eigenvalue weighted by atomic mass is 15.4.